The number of anilines is 2. The lowest BCUT2D eigenvalue weighted by atomic mass is 10.2. The fourth-order valence-corrected chi connectivity index (χ4v) is 3.25. The van der Waals surface area contributed by atoms with E-state index in [-0.39, 0.29) is 5.82 Å². The Morgan fingerprint density at radius 3 is 2.79 bits per heavy atom. The molecule has 0 radical (unpaired) electrons. The zero-order valence-corrected chi connectivity index (χ0v) is 14.4. The van der Waals surface area contributed by atoms with Crippen LogP contribution in [0.1, 0.15) is 19.3 Å². The van der Waals surface area contributed by atoms with Crippen LogP contribution in [0.4, 0.5) is 16.2 Å². The van der Waals surface area contributed by atoms with Crippen molar-refractivity contribution in [3.05, 3.63) is 46.9 Å². The predicted octanol–water partition coefficient (Wildman–Crippen LogP) is 3.47. The summed E-state index contributed by atoms with van der Waals surface area (Å²) in [6.45, 7) is 0. The van der Waals surface area contributed by atoms with Gasteiger partial charge in [-0.1, -0.05) is 0 Å². The SMILES string of the molecule is Fc1ccn2nc(NC3CCC(Nc4ccc(Br)cn4)C3)nc2c1. The van der Waals surface area contributed by atoms with Gasteiger partial charge in [0.25, 0.3) is 0 Å². The summed E-state index contributed by atoms with van der Waals surface area (Å²) in [5.74, 6) is 1.10. The van der Waals surface area contributed by atoms with E-state index in [1.54, 1.807) is 16.9 Å². The Bertz CT molecular complexity index is 849. The molecular formula is C16H16BrFN6. The van der Waals surface area contributed by atoms with Crippen LogP contribution in [-0.2, 0) is 0 Å². The van der Waals surface area contributed by atoms with Crippen molar-refractivity contribution in [3.63, 3.8) is 0 Å². The molecule has 1 saturated carbocycles. The van der Waals surface area contributed by atoms with Gasteiger partial charge in [-0.2, -0.15) is 4.98 Å². The van der Waals surface area contributed by atoms with Gasteiger partial charge in [0.1, 0.15) is 11.6 Å². The molecule has 124 valence electrons. The van der Waals surface area contributed by atoms with Gasteiger partial charge < -0.3 is 10.6 Å². The second-order valence-corrected chi connectivity index (χ2v) is 6.86. The fourth-order valence-electron chi connectivity index (χ4n) is 3.01. The summed E-state index contributed by atoms with van der Waals surface area (Å²) in [7, 11) is 0. The van der Waals surface area contributed by atoms with Gasteiger partial charge in [-0.3, -0.25) is 0 Å². The van der Waals surface area contributed by atoms with Gasteiger partial charge in [-0.25, -0.2) is 13.9 Å². The summed E-state index contributed by atoms with van der Waals surface area (Å²) < 4.78 is 15.8. The van der Waals surface area contributed by atoms with Gasteiger partial charge in [-0.05, 0) is 53.4 Å². The highest BCUT2D eigenvalue weighted by molar-refractivity contribution is 9.10. The highest BCUT2D eigenvalue weighted by Crippen LogP contribution is 2.25. The molecule has 3 heterocycles. The molecule has 1 fully saturated rings. The summed E-state index contributed by atoms with van der Waals surface area (Å²) in [6.07, 6.45) is 6.39. The van der Waals surface area contributed by atoms with E-state index < -0.39 is 0 Å². The summed E-state index contributed by atoms with van der Waals surface area (Å²) in [5.41, 5.74) is 0.504. The number of nitrogens with one attached hydrogen (secondary N) is 2. The second kappa shape index (κ2) is 6.35. The zero-order valence-electron chi connectivity index (χ0n) is 12.8. The van der Waals surface area contributed by atoms with Crippen LogP contribution >= 0.6 is 15.9 Å². The first-order valence-electron chi connectivity index (χ1n) is 7.82. The van der Waals surface area contributed by atoms with Gasteiger partial charge in [0.15, 0.2) is 5.65 Å². The van der Waals surface area contributed by atoms with Gasteiger partial charge in [0.05, 0.1) is 0 Å². The number of aromatic nitrogens is 4. The summed E-state index contributed by atoms with van der Waals surface area (Å²) >= 11 is 3.38. The third-order valence-electron chi connectivity index (χ3n) is 4.14. The number of rotatable bonds is 4. The van der Waals surface area contributed by atoms with Crippen molar-refractivity contribution in [2.45, 2.75) is 31.3 Å². The van der Waals surface area contributed by atoms with Gasteiger partial charge >= 0.3 is 0 Å². The van der Waals surface area contributed by atoms with E-state index in [2.05, 4.69) is 41.6 Å². The van der Waals surface area contributed by atoms with Crippen LogP contribution in [0.3, 0.4) is 0 Å². The molecule has 0 amide bonds. The summed E-state index contributed by atoms with van der Waals surface area (Å²) in [6, 6.07) is 7.33. The van der Waals surface area contributed by atoms with Crippen LogP contribution in [-0.4, -0.2) is 31.7 Å². The molecule has 6 nitrogen and oxygen atoms in total. The Morgan fingerprint density at radius 2 is 2.00 bits per heavy atom. The van der Waals surface area contributed by atoms with Crippen molar-refractivity contribution < 1.29 is 4.39 Å². The number of hydrogen-bond acceptors (Lipinski definition) is 5. The molecule has 2 N–H and O–H groups in total. The smallest absolute Gasteiger partial charge is 0.243 e. The molecule has 1 aliphatic carbocycles. The number of nitrogens with zero attached hydrogens (tertiary/aromatic N) is 4. The minimum absolute atomic E-state index is 0.292. The van der Waals surface area contributed by atoms with E-state index >= 15 is 0 Å². The molecule has 0 spiro atoms. The highest BCUT2D eigenvalue weighted by Gasteiger charge is 2.25. The first-order chi connectivity index (χ1) is 11.7. The van der Waals surface area contributed by atoms with Gasteiger partial charge in [-0.15, -0.1) is 5.10 Å². The summed E-state index contributed by atoms with van der Waals surface area (Å²) in [5, 5.41) is 11.1. The van der Waals surface area contributed by atoms with E-state index in [1.807, 2.05) is 12.1 Å². The third kappa shape index (κ3) is 3.33. The van der Waals surface area contributed by atoms with E-state index in [4.69, 9.17) is 0 Å². The normalized spacial score (nSPS) is 20.4. The molecule has 2 unspecified atom stereocenters. The molecule has 4 rings (SSSR count). The average molecular weight is 391 g/mol. The third-order valence-corrected chi connectivity index (χ3v) is 4.61. The van der Waals surface area contributed by atoms with Crippen molar-refractivity contribution in [2.75, 3.05) is 10.6 Å². The largest absolute Gasteiger partial charge is 0.367 e. The molecule has 8 heteroatoms. The lowest BCUT2D eigenvalue weighted by Crippen LogP contribution is -2.21. The van der Waals surface area contributed by atoms with Crippen LogP contribution in [0.5, 0.6) is 0 Å². The molecular weight excluding hydrogens is 375 g/mol. The minimum atomic E-state index is -0.312. The molecule has 1 aliphatic rings. The quantitative estimate of drug-likeness (QED) is 0.713. The molecule has 24 heavy (non-hydrogen) atoms. The second-order valence-electron chi connectivity index (χ2n) is 5.94. The Balaban J connectivity index is 1.38. The van der Waals surface area contributed by atoms with Crippen molar-refractivity contribution in [1.29, 1.82) is 0 Å². The topological polar surface area (TPSA) is 67.1 Å². The Kier molecular flexibility index (Phi) is 4.05. The Labute approximate surface area is 146 Å². The van der Waals surface area contributed by atoms with Crippen LogP contribution in [0, 0.1) is 5.82 Å². The predicted molar refractivity (Wildman–Crippen MR) is 93.6 cm³/mol. The number of pyridine rings is 2. The lowest BCUT2D eigenvalue weighted by molar-refractivity contribution is 0.625. The van der Waals surface area contributed by atoms with Gasteiger partial charge in [0.2, 0.25) is 5.95 Å². The molecule has 0 aliphatic heterocycles. The van der Waals surface area contributed by atoms with E-state index in [9.17, 15) is 4.39 Å². The van der Waals surface area contributed by atoms with Crippen molar-refractivity contribution in [1.82, 2.24) is 19.6 Å². The molecule has 0 saturated heterocycles. The molecule has 3 aromatic rings. The maximum atomic E-state index is 13.2. The maximum Gasteiger partial charge on any atom is 0.243 e. The number of halogens is 2. The number of fused-ring (bicyclic) bond motifs is 1. The fraction of sp³-hybridized carbons (Fsp3) is 0.312. The Hall–Kier alpha value is -2.22. The monoisotopic (exact) mass is 390 g/mol. The first kappa shape index (κ1) is 15.3. The van der Waals surface area contributed by atoms with Crippen LogP contribution in [0.15, 0.2) is 41.1 Å². The van der Waals surface area contributed by atoms with Crippen LogP contribution in [0.25, 0.3) is 5.65 Å². The van der Waals surface area contributed by atoms with Gasteiger partial charge in [0, 0.05) is 35.0 Å². The zero-order chi connectivity index (χ0) is 16.5. The van der Waals surface area contributed by atoms with Crippen LogP contribution < -0.4 is 10.6 Å². The van der Waals surface area contributed by atoms with Crippen molar-refractivity contribution in [3.8, 4) is 0 Å². The average Bonchev–Trinajstić information content (AvgIpc) is 3.16. The van der Waals surface area contributed by atoms with Crippen LogP contribution in [0.2, 0.25) is 0 Å². The standard InChI is InChI=1S/C16H16BrFN6/c17-10-1-4-14(19-9-10)20-12-2-3-13(8-12)21-16-22-15-7-11(18)5-6-24(15)23-16/h1,4-7,9,12-13H,2-3,8H2,(H,19,20)(H,21,23). The van der Waals surface area contributed by atoms with E-state index in [0.29, 0.717) is 23.7 Å². The minimum Gasteiger partial charge on any atom is -0.367 e. The van der Waals surface area contributed by atoms with E-state index in [0.717, 1.165) is 29.6 Å². The summed E-state index contributed by atoms with van der Waals surface area (Å²) in [4.78, 5) is 8.66. The van der Waals surface area contributed by atoms with Crippen molar-refractivity contribution in [2.24, 2.45) is 0 Å². The van der Waals surface area contributed by atoms with Crippen molar-refractivity contribution >= 4 is 33.3 Å². The molecule has 0 aromatic carbocycles. The highest BCUT2D eigenvalue weighted by atomic mass is 79.9. The molecule has 2 atom stereocenters. The van der Waals surface area contributed by atoms with E-state index in [1.165, 1.54) is 12.1 Å². The number of hydrogen-bond donors (Lipinski definition) is 2. The molecule has 0 bridgehead atoms. The first-order valence-corrected chi connectivity index (χ1v) is 8.61. The lowest BCUT2D eigenvalue weighted by Gasteiger charge is -2.14. The Morgan fingerprint density at radius 1 is 1.17 bits per heavy atom. The molecule has 3 aromatic heterocycles. The maximum absolute atomic E-state index is 13.2.